The normalized spacial score (nSPS) is 24.0. The van der Waals surface area contributed by atoms with Crippen molar-refractivity contribution in [3.05, 3.63) is 48.0 Å². The first-order valence-electron chi connectivity index (χ1n) is 6.67. The Balaban J connectivity index is 1.80. The standard InChI is InChI=1S/C16H20O3/c1-12-8-9-15(17)19-16(12)13(2)10-18-11-14-6-4-3-5-7-14/h3-9,12-13,16H,10-11H2,1-2H3/t12-,13-,16+/m0/s1. The van der Waals surface area contributed by atoms with Crippen LogP contribution in [0.2, 0.25) is 0 Å². The van der Waals surface area contributed by atoms with Crippen LogP contribution in [0, 0.1) is 11.8 Å². The third-order valence-corrected chi connectivity index (χ3v) is 3.36. The lowest BCUT2D eigenvalue weighted by Crippen LogP contribution is -2.35. The summed E-state index contributed by atoms with van der Waals surface area (Å²) in [6, 6.07) is 10.1. The van der Waals surface area contributed by atoms with Crippen molar-refractivity contribution in [1.29, 1.82) is 0 Å². The number of hydrogen-bond donors (Lipinski definition) is 0. The highest BCUT2D eigenvalue weighted by molar-refractivity contribution is 5.82. The molecule has 0 amide bonds. The minimum absolute atomic E-state index is 0.0896. The summed E-state index contributed by atoms with van der Waals surface area (Å²) >= 11 is 0. The van der Waals surface area contributed by atoms with E-state index in [1.165, 1.54) is 6.08 Å². The zero-order valence-electron chi connectivity index (χ0n) is 11.4. The summed E-state index contributed by atoms with van der Waals surface area (Å²) in [5.41, 5.74) is 1.16. The smallest absolute Gasteiger partial charge is 0.330 e. The number of ether oxygens (including phenoxy) is 2. The minimum atomic E-state index is -0.252. The molecule has 0 radical (unpaired) electrons. The van der Waals surface area contributed by atoms with Gasteiger partial charge in [0.05, 0.1) is 13.2 Å². The number of rotatable bonds is 5. The third-order valence-electron chi connectivity index (χ3n) is 3.36. The predicted octanol–water partition coefficient (Wildman–Crippen LogP) is 2.96. The van der Waals surface area contributed by atoms with Crippen molar-refractivity contribution in [2.24, 2.45) is 11.8 Å². The number of carbonyl (C=O) groups excluding carboxylic acids is 1. The summed E-state index contributed by atoms with van der Waals surface area (Å²) in [6.07, 6.45) is 3.32. The maximum absolute atomic E-state index is 11.3. The van der Waals surface area contributed by atoms with Crippen LogP contribution in [0.3, 0.4) is 0 Å². The highest BCUT2D eigenvalue weighted by atomic mass is 16.5. The van der Waals surface area contributed by atoms with Gasteiger partial charge in [-0.1, -0.05) is 50.3 Å². The molecule has 0 unspecified atom stereocenters. The van der Waals surface area contributed by atoms with Gasteiger partial charge in [-0.05, 0) is 5.56 Å². The highest BCUT2D eigenvalue weighted by Crippen LogP contribution is 2.22. The van der Waals surface area contributed by atoms with Crippen molar-refractivity contribution < 1.29 is 14.3 Å². The number of benzene rings is 1. The molecule has 3 heteroatoms. The van der Waals surface area contributed by atoms with Gasteiger partial charge in [-0.15, -0.1) is 0 Å². The fourth-order valence-electron chi connectivity index (χ4n) is 2.29. The lowest BCUT2D eigenvalue weighted by molar-refractivity contribution is -0.150. The topological polar surface area (TPSA) is 35.5 Å². The van der Waals surface area contributed by atoms with Crippen LogP contribution in [-0.2, 0) is 20.9 Å². The highest BCUT2D eigenvalue weighted by Gasteiger charge is 2.28. The van der Waals surface area contributed by atoms with Crippen molar-refractivity contribution in [1.82, 2.24) is 0 Å². The van der Waals surface area contributed by atoms with Crippen LogP contribution in [-0.4, -0.2) is 18.7 Å². The van der Waals surface area contributed by atoms with E-state index in [-0.39, 0.29) is 23.9 Å². The van der Waals surface area contributed by atoms with Crippen molar-refractivity contribution >= 4 is 5.97 Å². The predicted molar refractivity (Wildman–Crippen MR) is 73.4 cm³/mol. The molecule has 0 saturated carbocycles. The molecule has 0 bridgehead atoms. The Bertz CT molecular complexity index is 439. The van der Waals surface area contributed by atoms with Gasteiger partial charge in [-0.3, -0.25) is 0 Å². The van der Waals surface area contributed by atoms with E-state index in [1.54, 1.807) is 0 Å². The molecule has 0 N–H and O–H groups in total. The lowest BCUT2D eigenvalue weighted by atomic mass is 9.92. The molecule has 102 valence electrons. The Morgan fingerprint density at radius 1 is 1.32 bits per heavy atom. The molecule has 0 spiro atoms. The quantitative estimate of drug-likeness (QED) is 0.764. The van der Waals surface area contributed by atoms with Crippen LogP contribution >= 0.6 is 0 Å². The van der Waals surface area contributed by atoms with Gasteiger partial charge in [0.15, 0.2) is 0 Å². The molecule has 1 heterocycles. The van der Waals surface area contributed by atoms with E-state index < -0.39 is 0 Å². The Morgan fingerprint density at radius 2 is 2.05 bits per heavy atom. The second-order valence-corrected chi connectivity index (χ2v) is 5.10. The van der Waals surface area contributed by atoms with Gasteiger partial charge in [0.25, 0.3) is 0 Å². The summed E-state index contributed by atoms with van der Waals surface area (Å²) in [7, 11) is 0. The van der Waals surface area contributed by atoms with Gasteiger partial charge in [0.2, 0.25) is 0 Å². The molecule has 3 nitrogen and oxygen atoms in total. The second-order valence-electron chi connectivity index (χ2n) is 5.10. The summed E-state index contributed by atoms with van der Waals surface area (Å²) in [4.78, 5) is 11.3. The number of carbonyl (C=O) groups is 1. The second kappa shape index (κ2) is 6.53. The molecule has 2 rings (SSSR count). The monoisotopic (exact) mass is 260 g/mol. The zero-order chi connectivity index (χ0) is 13.7. The Kier molecular flexibility index (Phi) is 4.74. The van der Waals surface area contributed by atoms with Crippen molar-refractivity contribution in [3.8, 4) is 0 Å². The first-order valence-corrected chi connectivity index (χ1v) is 6.67. The van der Waals surface area contributed by atoms with E-state index in [0.717, 1.165) is 5.56 Å². The first kappa shape index (κ1) is 13.8. The van der Waals surface area contributed by atoms with Gasteiger partial charge in [0, 0.05) is 17.9 Å². The van der Waals surface area contributed by atoms with Gasteiger partial charge in [-0.2, -0.15) is 0 Å². The summed E-state index contributed by atoms with van der Waals surface area (Å²) in [6.45, 7) is 5.29. The average Bonchev–Trinajstić information content (AvgIpc) is 2.42. The van der Waals surface area contributed by atoms with E-state index in [1.807, 2.05) is 36.4 Å². The molecule has 3 atom stereocenters. The number of cyclic esters (lactones) is 1. The molecule has 0 saturated heterocycles. The summed E-state index contributed by atoms with van der Waals surface area (Å²) in [5.74, 6) is 0.179. The lowest BCUT2D eigenvalue weighted by Gasteiger charge is -2.29. The van der Waals surface area contributed by atoms with Crippen molar-refractivity contribution in [3.63, 3.8) is 0 Å². The van der Waals surface area contributed by atoms with E-state index >= 15 is 0 Å². The van der Waals surface area contributed by atoms with Crippen LogP contribution in [0.5, 0.6) is 0 Å². The maximum atomic E-state index is 11.3. The molecular formula is C16H20O3. The van der Waals surface area contributed by atoms with Crippen LogP contribution in [0.4, 0.5) is 0 Å². The van der Waals surface area contributed by atoms with Crippen LogP contribution in [0.25, 0.3) is 0 Å². The molecule has 1 aliphatic heterocycles. The van der Waals surface area contributed by atoms with Gasteiger partial charge >= 0.3 is 5.97 Å². The van der Waals surface area contributed by atoms with E-state index in [9.17, 15) is 4.79 Å². The summed E-state index contributed by atoms with van der Waals surface area (Å²) < 4.78 is 11.1. The number of hydrogen-bond acceptors (Lipinski definition) is 3. The van der Waals surface area contributed by atoms with Crippen molar-refractivity contribution in [2.75, 3.05) is 6.61 Å². The summed E-state index contributed by atoms with van der Waals surface area (Å²) in [5, 5.41) is 0. The van der Waals surface area contributed by atoms with E-state index in [4.69, 9.17) is 9.47 Å². The number of esters is 1. The molecule has 0 aromatic heterocycles. The van der Waals surface area contributed by atoms with Gasteiger partial charge in [-0.25, -0.2) is 4.79 Å². The van der Waals surface area contributed by atoms with Crippen LogP contribution in [0.15, 0.2) is 42.5 Å². The molecular weight excluding hydrogens is 240 g/mol. The zero-order valence-corrected chi connectivity index (χ0v) is 11.4. The minimum Gasteiger partial charge on any atom is -0.458 e. The third kappa shape index (κ3) is 3.93. The molecule has 1 aliphatic rings. The average molecular weight is 260 g/mol. The van der Waals surface area contributed by atoms with Crippen LogP contribution in [0.1, 0.15) is 19.4 Å². The van der Waals surface area contributed by atoms with E-state index in [0.29, 0.717) is 13.2 Å². The fraction of sp³-hybridized carbons (Fsp3) is 0.438. The maximum Gasteiger partial charge on any atom is 0.330 e. The Morgan fingerprint density at radius 3 is 2.79 bits per heavy atom. The SMILES string of the molecule is C[C@H]1C=CC(=O)O[C@H]1[C@@H](C)COCc1ccccc1. The molecule has 0 fully saturated rings. The fourth-order valence-corrected chi connectivity index (χ4v) is 2.29. The molecule has 0 aliphatic carbocycles. The molecule has 19 heavy (non-hydrogen) atoms. The van der Waals surface area contributed by atoms with Gasteiger partial charge < -0.3 is 9.47 Å². The van der Waals surface area contributed by atoms with Gasteiger partial charge in [0.1, 0.15) is 6.10 Å². The van der Waals surface area contributed by atoms with Crippen LogP contribution < -0.4 is 0 Å². The molecule has 1 aromatic carbocycles. The Labute approximate surface area is 114 Å². The van der Waals surface area contributed by atoms with Crippen molar-refractivity contribution in [2.45, 2.75) is 26.6 Å². The first-order chi connectivity index (χ1) is 9.16. The molecule has 1 aromatic rings. The Hall–Kier alpha value is -1.61. The van der Waals surface area contributed by atoms with E-state index in [2.05, 4.69) is 13.8 Å². The largest absolute Gasteiger partial charge is 0.458 e.